The Labute approximate surface area is 195 Å². The van der Waals surface area contributed by atoms with Gasteiger partial charge in [-0.3, -0.25) is 9.36 Å². The number of nitrogens with one attached hydrogen (secondary N) is 4. The third-order valence-electron chi connectivity index (χ3n) is 6.27. The number of hydrogen-bond acceptors (Lipinski definition) is 4. The number of hydrogen-bond donors (Lipinski definition) is 4. The summed E-state index contributed by atoms with van der Waals surface area (Å²) in [6.45, 7) is 1.11. The summed E-state index contributed by atoms with van der Waals surface area (Å²) in [5, 5.41) is 20.6. The maximum absolute atomic E-state index is 12.6. The smallest absolute Gasteiger partial charge is 0.307 e. The monoisotopic (exact) mass is 454 g/mol. The van der Waals surface area contributed by atoms with E-state index in [1.807, 2.05) is 73.1 Å². The van der Waals surface area contributed by atoms with Crippen molar-refractivity contribution in [2.45, 2.75) is 24.4 Å². The molecule has 0 bridgehead atoms. The van der Waals surface area contributed by atoms with Crippen LogP contribution in [0.5, 0.6) is 0 Å². The van der Waals surface area contributed by atoms with Crippen molar-refractivity contribution in [2.75, 3.05) is 0 Å². The molecule has 4 heterocycles. The van der Waals surface area contributed by atoms with Crippen LogP contribution in [0.3, 0.4) is 0 Å². The van der Waals surface area contributed by atoms with E-state index in [1.165, 1.54) is 0 Å². The number of carbonyl (C=O) groups is 2. The van der Waals surface area contributed by atoms with Gasteiger partial charge in [0.05, 0.1) is 25.5 Å². The van der Waals surface area contributed by atoms with E-state index in [4.69, 9.17) is 0 Å². The number of carbonyl (C=O) groups excluding carboxylic acids is 2. The van der Waals surface area contributed by atoms with E-state index in [-0.39, 0.29) is 0 Å². The molecular formula is C24H22N8O2. The first-order valence-electron chi connectivity index (χ1n) is 10.9. The van der Waals surface area contributed by atoms with Crippen molar-refractivity contribution in [3.05, 3.63) is 108 Å². The van der Waals surface area contributed by atoms with Gasteiger partial charge in [0.1, 0.15) is 0 Å². The van der Waals surface area contributed by atoms with Crippen LogP contribution in [0.1, 0.15) is 22.3 Å². The van der Waals surface area contributed by atoms with Crippen LogP contribution in [0.15, 0.2) is 85.5 Å². The molecule has 0 spiro atoms. The second-order valence-corrected chi connectivity index (χ2v) is 8.48. The molecule has 4 aromatic rings. The molecule has 0 atom stereocenters. The molecule has 6 rings (SSSR count). The van der Waals surface area contributed by atoms with Crippen LogP contribution in [-0.4, -0.2) is 31.6 Å². The number of urea groups is 2. The number of fused-ring (bicyclic) bond motifs is 1. The topological polar surface area (TPSA) is 118 Å². The van der Waals surface area contributed by atoms with Crippen molar-refractivity contribution in [1.82, 2.24) is 40.8 Å². The molecule has 170 valence electrons. The van der Waals surface area contributed by atoms with E-state index >= 15 is 0 Å². The Morgan fingerprint density at radius 2 is 1.00 bits per heavy atom. The van der Waals surface area contributed by atoms with Gasteiger partial charge in [-0.05, 0) is 11.1 Å². The summed E-state index contributed by atoms with van der Waals surface area (Å²) in [6.07, 6.45) is 6.98. The van der Waals surface area contributed by atoms with Crippen molar-refractivity contribution in [3.8, 4) is 0 Å². The minimum atomic E-state index is -1.28. The number of amides is 4. The predicted octanol–water partition coefficient (Wildman–Crippen LogP) is 1.81. The molecule has 2 aromatic carbocycles. The van der Waals surface area contributed by atoms with E-state index in [2.05, 4.69) is 31.5 Å². The lowest BCUT2D eigenvalue weighted by molar-refractivity contribution is 0.208. The quantitative estimate of drug-likeness (QED) is 0.355. The van der Waals surface area contributed by atoms with Crippen molar-refractivity contribution >= 4 is 12.1 Å². The third-order valence-corrected chi connectivity index (χ3v) is 6.27. The van der Waals surface area contributed by atoms with E-state index in [1.54, 1.807) is 21.8 Å². The molecule has 0 radical (unpaired) electrons. The predicted molar refractivity (Wildman–Crippen MR) is 122 cm³/mol. The number of benzene rings is 2. The number of aromatic nitrogens is 4. The van der Waals surface area contributed by atoms with Gasteiger partial charge in [0, 0.05) is 23.5 Å². The van der Waals surface area contributed by atoms with Gasteiger partial charge in [0.2, 0.25) is 0 Å². The third kappa shape index (κ3) is 3.11. The normalized spacial score (nSPS) is 23.1. The minimum absolute atomic E-state index is 0.417. The zero-order valence-corrected chi connectivity index (χ0v) is 18.1. The molecule has 2 aromatic heterocycles. The molecule has 0 saturated carbocycles. The van der Waals surface area contributed by atoms with Crippen LogP contribution in [-0.2, 0) is 24.4 Å². The van der Waals surface area contributed by atoms with Gasteiger partial charge >= 0.3 is 12.1 Å². The zero-order chi connectivity index (χ0) is 23.2. The van der Waals surface area contributed by atoms with E-state index in [0.717, 1.165) is 11.1 Å². The van der Waals surface area contributed by atoms with Gasteiger partial charge in [0.15, 0.2) is 11.3 Å². The van der Waals surface area contributed by atoms with Gasteiger partial charge < -0.3 is 21.3 Å². The van der Waals surface area contributed by atoms with Gasteiger partial charge in [-0.1, -0.05) is 60.7 Å². The highest BCUT2D eigenvalue weighted by Crippen LogP contribution is 2.43. The first-order valence-corrected chi connectivity index (χ1v) is 10.9. The standard InChI is InChI=1S/C24H22N8O2/c33-21-27-23(19-11-25-31(15-19)13-17-7-3-1-4-8-17)24(29-21,30-22(34)28-23)20-12-26-32(16-20)14-18-9-5-2-6-10-18/h1-12,15-16H,13-14H2,(H2,27,29,33)(H2,28,30,34)/t23-,24+. The molecule has 10 heteroatoms. The molecular weight excluding hydrogens is 432 g/mol. The van der Waals surface area contributed by atoms with Crippen LogP contribution in [0.25, 0.3) is 0 Å². The van der Waals surface area contributed by atoms with Crippen LogP contribution in [0, 0.1) is 0 Å². The van der Waals surface area contributed by atoms with Gasteiger partial charge in [-0.25, -0.2) is 9.59 Å². The Kier molecular flexibility index (Phi) is 4.41. The Hall–Kier alpha value is -4.60. The Morgan fingerprint density at radius 3 is 1.38 bits per heavy atom. The molecule has 10 nitrogen and oxygen atoms in total. The molecule has 2 fully saturated rings. The van der Waals surface area contributed by atoms with E-state index in [0.29, 0.717) is 24.2 Å². The Morgan fingerprint density at radius 1 is 0.618 bits per heavy atom. The molecule has 0 unspecified atom stereocenters. The summed E-state index contributed by atoms with van der Waals surface area (Å²) in [7, 11) is 0. The number of rotatable bonds is 6. The SMILES string of the molecule is O=C1N[C@]2(c3cnn(Cc4ccccc4)c3)NC(=O)N[C@]2(c2cnn(Cc3ccccc3)c2)N1. The van der Waals surface area contributed by atoms with Gasteiger partial charge in [-0.2, -0.15) is 10.2 Å². The molecule has 2 saturated heterocycles. The van der Waals surface area contributed by atoms with E-state index in [9.17, 15) is 9.59 Å². The molecule has 4 amide bonds. The van der Waals surface area contributed by atoms with Crippen LogP contribution < -0.4 is 21.3 Å². The van der Waals surface area contributed by atoms with E-state index < -0.39 is 23.4 Å². The molecule has 2 aliphatic rings. The summed E-state index contributed by atoms with van der Waals surface area (Å²) in [4.78, 5) is 25.3. The highest BCUT2D eigenvalue weighted by molar-refractivity contribution is 5.89. The highest BCUT2D eigenvalue weighted by Gasteiger charge is 2.67. The zero-order valence-electron chi connectivity index (χ0n) is 18.1. The van der Waals surface area contributed by atoms with Crippen molar-refractivity contribution in [3.63, 3.8) is 0 Å². The van der Waals surface area contributed by atoms with Crippen LogP contribution in [0.4, 0.5) is 9.59 Å². The largest absolute Gasteiger partial charge is 0.319 e. The fraction of sp³-hybridized carbons (Fsp3) is 0.167. The second-order valence-electron chi connectivity index (χ2n) is 8.48. The van der Waals surface area contributed by atoms with Gasteiger partial charge in [-0.15, -0.1) is 0 Å². The lowest BCUT2D eigenvalue weighted by atomic mass is 9.86. The fourth-order valence-electron chi connectivity index (χ4n) is 4.73. The summed E-state index contributed by atoms with van der Waals surface area (Å²) in [5.41, 5.74) is 0.885. The second kappa shape index (κ2) is 7.48. The first-order chi connectivity index (χ1) is 16.6. The average Bonchev–Trinajstić information content (AvgIpc) is 3.58. The molecule has 4 N–H and O–H groups in total. The Bertz CT molecular complexity index is 1240. The number of nitrogens with zero attached hydrogens (tertiary/aromatic N) is 4. The average molecular weight is 454 g/mol. The summed E-state index contributed by atoms with van der Waals surface area (Å²) in [5.74, 6) is 0. The lowest BCUT2D eigenvalue weighted by Gasteiger charge is -2.35. The maximum Gasteiger partial charge on any atom is 0.319 e. The minimum Gasteiger partial charge on any atom is -0.307 e. The fourth-order valence-corrected chi connectivity index (χ4v) is 4.73. The van der Waals surface area contributed by atoms with Crippen molar-refractivity contribution in [2.24, 2.45) is 0 Å². The van der Waals surface area contributed by atoms with Crippen molar-refractivity contribution in [1.29, 1.82) is 0 Å². The lowest BCUT2D eigenvalue weighted by Crippen LogP contribution is -2.60. The first kappa shape index (κ1) is 20.0. The summed E-state index contributed by atoms with van der Waals surface area (Å²) >= 11 is 0. The molecule has 0 aliphatic carbocycles. The Balaban J connectivity index is 1.37. The van der Waals surface area contributed by atoms with Crippen LogP contribution in [0.2, 0.25) is 0 Å². The van der Waals surface area contributed by atoms with Crippen molar-refractivity contribution < 1.29 is 9.59 Å². The van der Waals surface area contributed by atoms with Gasteiger partial charge in [0.25, 0.3) is 0 Å². The summed E-state index contributed by atoms with van der Waals surface area (Å²) < 4.78 is 3.55. The molecule has 34 heavy (non-hydrogen) atoms. The summed E-state index contributed by atoms with van der Waals surface area (Å²) in [6, 6.07) is 19.0. The maximum atomic E-state index is 12.6. The highest BCUT2D eigenvalue weighted by atomic mass is 16.2. The van der Waals surface area contributed by atoms with Crippen LogP contribution >= 0.6 is 0 Å². The molecule has 2 aliphatic heterocycles.